The SMILES string of the molecule is COc1cc(C(C)=O)ccc1OCC(=O)O[C@H](C)C(=O)NC(=O)NC1CCCC1. The van der Waals surface area contributed by atoms with Crippen LogP contribution in [0.4, 0.5) is 4.79 Å². The molecule has 1 aromatic rings. The quantitative estimate of drug-likeness (QED) is 0.500. The average Bonchev–Trinajstić information content (AvgIpc) is 3.18. The molecule has 1 atom stereocenters. The fourth-order valence-corrected chi connectivity index (χ4v) is 2.93. The molecule has 1 saturated carbocycles. The molecule has 9 nitrogen and oxygen atoms in total. The Labute approximate surface area is 169 Å². The number of carbonyl (C=O) groups is 4. The van der Waals surface area contributed by atoms with E-state index in [1.165, 1.54) is 33.1 Å². The highest BCUT2D eigenvalue weighted by Gasteiger charge is 2.23. The van der Waals surface area contributed by atoms with Gasteiger partial charge in [0, 0.05) is 11.6 Å². The van der Waals surface area contributed by atoms with Crippen molar-refractivity contribution in [3.8, 4) is 11.5 Å². The molecule has 2 rings (SSSR count). The number of esters is 1. The van der Waals surface area contributed by atoms with Crippen molar-refractivity contribution in [3.63, 3.8) is 0 Å². The number of ketones is 1. The molecule has 0 radical (unpaired) electrons. The lowest BCUT2D eigenvalue weighted by atomic mass is 10.1. The number of imide groups is 1. The summed E-state index contributed by atoms with van der Waals surface area (Å²) in [5.41, 5.74) is 0.443. The first-order valence-corrected chi connectivity index (χ1v) is 9.42. The van der Waals surface area contributed by atoms with Gasteiger partial charge in [-0.05, 0) is 44.9 Å². The summed E-state index contributed by atoms with van der Waals surface area (Å²) in [6.07, 6.45) is 2.72. The molecule has 0 spiro atoms. The minimum absolute atomic E-state index is 0.0680. The maximum atomic E-state index is 12.0. The first kappa shape index (κ1) is 22.2. The summed E-state index contributed by atoms with van der Waals surface area (Å²) in [6, 6.07) is 4.02. The molecule has 3 amide bonds. The molecular formula is C20H26N2O7. The van der Waals surface area contributed by atoms with Gasteiger partial charge >= 0.3 is 12.0 Å². The molecule has 0 aromatic heterocycles. The van der Waals surface area contributed by atoms with Crippen LogP contribution >= 0.6 is 0 Å². The number of rotatable bonds is 8. The summed E-state index contributed by atoms with van der Waals surface area (Å²) in [4.78, 5) is 47.2. The van der Waals surface area contributed by atoms with Gasteiger partial charge in [-0.1, -0.05) is 12.8 Å². The van der Waals surface area contributed by atoms with Gasteiger partial charge in [0.2, 0.25) is 0 Å². The van der Waals surface area contributed by atoms with Crippen molar-refractivity contribution < 1.29 is 33.4 Å². The Morgan fingerprint density at radius 3 is 2.45 bits per heavy atom. The van der Waals surface area contributed by atoms with Crippen LogP contribution in [0.1, 0.15) is 49.9 Å². The molecule has 9 heteroatoms. The van der Waals surface area contributed by atoms with Gasteiger partial charge in [0.25, 0.3) is 5.91 Å². The third-order valence-electron chi connectivity index (χ3n) is 4.52. The number of Topliss-reactive ketones (excluding diaryl/α,β-unsaturated/α-hetero) is 1. The van der Waals surface area contributed by atoms with Gasteiger partial charge in [0.15, 0.2) is 30.0 Å². The Morgan fingerprint density at radius 1 is 1.14 bits per heavy atom. The van der Waals surface area contributed by atoms with Gasteiger partial charge < -0.3 is 19.5 Å². The second kappa shape index (κ2) is 10.4. The molecule has 1 aliphatic carbocycles. The van der Waals surface area contributed by atoms with Gasteiger partial charge in [-0.3, -0.25) is 14.9 Å². The lowest BCUT2D eigenvalue weighted by molar-refractivity contribution is -0.156. The summed E-state index contributed by atoms with van der Waals surface area (Å²) in [5.74, 6) is -1.10. The van der Waals surface area contributed by atoms with Crippen molar-refractivity contribution in [2.24, 2.45) is 0 Å². The molecule has 1 aliphatic rings. The van der Waals surface area contributed by atoms with Gasteiger partial charge in [-0.25, -0.2) is 9.59 Å². The van der Waals surface area contributed by atoms with Crippen molar-refractivity contribution in [3.05, 3.63) is 23.8 Å². The fraction of sp³-hybridized carbons (Fsp3) is 0.500. The van der Waals surface area contributed by atoms with E-state index in [-0.39, 0.29) is 17.6 Å². The molecule has 0 saturated heterocycles. The van der Waals surface area contributed by atoms with E-state index < -0.39 is 30.6 Å². The minimum Gasteiger partial charge on any atom is -0.493 e. The summed E-state index contributed by atoms with van der Waals surface area (Å²) in [7, 11) is 1.41. The summed E-state index contributed by atoms with van der Waals surface area (Å²) in [5, 5.41) is 4.88. The van der Waals surface area contributed by atoms with Gasteiger partial charge in [0.1, 0.15) is 0 Å². The molecule has 0 aliphatic heterocycles. The maximum absolute atomic E-state index is 12.0. The lowest BCUT2D eigenvalue weighted by Gasteiger charge is -2.16. The molecule has 1 fully saturated rings. The second-order valence-corrected chi connectivity index (χ2v) is 6.79. The highest BCUT2D eigenvalue weighted by Crippen LogP contribution is 2.28. The standard InChI is InChI=1S/C20H26N2O7/c1-12(23)14-8-9-16(17(10-14)27-3)28-11-18(24)29-13(2)19(25)22-20(26)21-15-6-4-5-7-15/h8-10,13,15H,4-7,11H2,1-3H3,(H2,21,22,25,26)/t13-/m1/s1. The number of benzene rings is 1. The molecule has 29 heavy (non-hydrogen) atoms. The third-order valence-corrected chi connectivity index (χ3v) is 4.52. The molecule has 2 N–H and O–H groups in total. The predicted octanol–water partition coefficient (Wildman–Crippen LogP) is 1.98. The predicted molar refractivity (Wildman–Crippen MR) is 103 cm³/mol. The number of ether oxygens (including phenoxy) is 3. The minimum atomic E-state index is -1.16. The first-order chi connectivity index (χ1) is 13.8. The van der Waals surface area contributed by atoms with Crippen molar-refractivity contribution in [1.29, 1.82) is 0 Å². The Hall–Kier alpha value is -3.10. The Morgan fingerprint density at radius 2 is 1.83 bits per heavy atom. The Balaban J connectivity index is 1.79. The van der Waals surface area contributed by atoms with Crippen molar-refractivity contribution in [1.82, 2.24) is 10.6 Å². The zero-order chi connectivity index (χ0) is 21.4. The van der Waals surface area contributed by atoms with Crippen LogP contribution in [-0.4, -0.2) is 49.6 Å². The topological polar surface area (TPSA) is 120 Å². The highest BCUT2D eigenvalue weighted by molar-refractivity contribution is 5.97. The molecule has 1 aromatic carbocycles. The van der Waals surface area contributed by atoms with Crippen molar-refractivity contribution in [2.45, 2.75) is 51.7 Å². The van der Waals surface area contributed by atoms with E-state index in [1.807, 2.05) is 0 Å². The number of urea groups is 1. The van der Waals surface area contributed by atoms with Crippen LogP contribution in [0.5, 0.6) is 11.5 Å². The van der Waals surface area contributed by atoms with Gasteiger partial charge in [-0.2, -0.15) is 0 Å². The van der Waals surface area contributed by atoms with Crippen LogP contribution in [0.3, 0.4) is 0 Å². The van der Waals surface area contributed by atoms with Gasteiger partial charge in [-0.15, -0.1) is 0 Å². The molecular weight excluding hydrogens is 380 g/mol. The van der Waals surface area contributed by atoms with Gasteiger partial charge in [0.05, 0.1) is 7.11 Å². The number of amides is 3. The van der Waals surface area contributed by atoms with E-state index >= 15 is 0 Å². The van der Waals surface area contributed by atoms with E-state index in [0.29, 0.717) is 11.3 Å². The fourth-order valence-electron chi connectivity index (χ4n) is 2.93. The van der Waals surface area contributed by atoms with E-state index in [4.69, 9.17) is 14.2 Å². The normalized spacial score (nSPS) is 14.6. The Bertz CT molecular complexity index is 772. The van der Waals surface area contributed by atoms with E-state index in [1.54, 1.807) is 6.07 Å². The van der Waals surface area contributed by atoms with Crippen LogP contribution in [0.2, 0.25) is 0 Å². The van der Waals surface area contributed by atoms with Crippen LogP contribution in [-0.2, 0) is 14.3 Å². The van der Waals surface area contributed by atoms with Crippen LogP contribution in [0, 0.1) is 0 Å². The van der Waals surface area contributed by atoms with Crippen LogP contribution in [0.25, 0.3) is 0 Å². The molecule has 0 unspecified atom stereocenters. The van der Waals surface area contributed by atoms with Crippen molar-refractivity contribution in [2.75, 3.05) is 13.7 Å². The lowest BCUT2D eigenvalue weighted by Crippen LogP contribution is -2.47. The number of hydrogen-bond donors (Lipinski definition) is 2. The molecule has 0 heterocycles. The smallest absolute Gasteiger partial charge is 0.344 e. The third kappa shape index (κ3) is 6.78. The molecule has 158 valence electrons. The van der Waals surface area contributed by atoms with Crippen LogP contribution < -0.4 is 20.1 Å². The van der Waals surface area contributed by atoms with E-state index in [2.05, 4.69) is 10.6 Å². The average molecular weight is 406 g/mol. The Kier molecular flexibility index (Phi) is 7.99. The molecule has 0 bridgehead atoms. The van der Waals surface area contributed by atoms with Crippen molar-refractivity contribution >= 4 is 23.7 Å². The number of hydrogen-bond acceptors (Lipinski definition) is 7. The summed E-state index contributed by atoms with van der Waals surface area (Å²) < 4.78 is 15.5. The highest BCUT2D eigenvalue weighted by atomic mass is 16.6. The first-order valence-electron chi connectivity index (χ1n) is 9.42. The van der Waals surface area contributed by atoms with E-state index in [0.717, 1.165) is 25.7 Å². The second-order valence-electron chi connectivity index (χ2n) is 6.79. The van der Waals surface area contributed by atoms with E-state index in [9.17, 15) is 19.2 Å². The number of carbonyl (C=O) groups excluding carboxylic acids is 4. The summed E-state index contributed by atoms with van der Waals surface area (Å²) >= 11 is 0. The summed E-state index contributed by atoms with van der Waals surface area (Å²) in [6.45, 7) is 2.31. The monoisotopic (exact) mass is 406 g/mol. The maximum Gasteiger partial charge on any atom is 0.344 e. The van der Waals surface area contributed by atoms with Crippen LogP contribution in [0.15, 0.2) is 18.2 Å². The zero-order valence-electron chi connectivity index (χ0n) is 16.8. The number of methoxy groups -OCH3 is 1. The largest absolute Gasteiger partial charge is 0.493 e. The zero-order valence-corrected chi connectivity index (χ0v) is 16.8. The number of nitrogens with one attached hydrogen (secondary N) is 2.